The van der Waals surface area contributed by atoms with Crippen molar-refractivity contribution in [2.24, 2.45) is 0 Å². The van der Waals surface area contributed by atoms with Crippen LogP contribution in [0, 0.1) is 0 Å². The lowest BCUT2D eigenvalue weighted by Crippen LogP contribution is -2.09. The van der Waals surface area contributed by atoms with Crippen LogP contribution in [0.25, 0.3) is 22.0 Å². The van der Waals surface area contributed by atoms with Gasteiger partial charge in [-0.1, -0.05) is 36.4 Å². The number of sulfonamides is 1. The van der Waals surface area contributed by atoms with Gasteiger partial charge in [0.1, 0.15) is 12.1 Å². The summed E-state index contributed by atoms with van der Waals surface area (Å²) >= 11 is 0. The van der Waals surface area contributed by atoms with Crippen LogP contribution in [0.3, 0.4) is 0 Å². The molecule has 4 rings (SSSR count). The Bertz CT molecular complexity index is 1290. The largest absolute Gasteiger partial charge is 0.363 e. The highest BCUT2D eigenvalue weighted by molar-refractivity contribution is 7.92. The topological polar surface area (TPSA) is 96.9 Å². The fourth-order valence-corrected chi connectivity index (χ4v) is 3.79. The van der Waals surface area contributed by atoms with Crippen molar-refractivity contribution in [3.63, 3.8) is 0 Å². The van der Waals surface area contributed by atoms with Gasteiger partial charge in [-0.15, -0.1) is 0 Å². The van der Waals surface area contributed by atoms with Crippen molar-refractivity contribution in [1.29, 1.82) is 0 Å². The van der Waals surface area contributed by atoms with E-state index in [1.165, 1.54) is 6.20 Å². The Kier molecular flexibility index (Phi) is 5.33. The lowest BCUT2D eigenvalue weighted by molar-refractivity contribution is 0.607. The molecule has 0 aliphatic heterocycles. The molecule has 8 heteroatoms. The van der Waals surface area contributed by atoms with Crippen LogP contribution in [0.2, 0.25) is 0 Å². The molecule has 0 spiro atoms. The maximum atomic E-state index is 11.5. The lowest BCUT2D eigenvalue weighted by Gasteiger charge is -2.16. The van der Waals surface area contributed by atoms with Crippen LogP contribution in [0.4, 0.5) is 11.5 Å². The third kappa shape index (κ3) is 4.55. The van der Waals surface area contributed by atoms with Crippen LogP contribution >= 0.6 is 0 Å². The Balaban J connectivity index is 1.70. The Morgan fingerprint density at radius 2 is 1.73 bits per heavy atom. The van der Waals surface area contributed by atoms with Crippen molar-refractivity contribution < 1.29 is 8.42 Å². The summed E-state index contributed by atoms with van der Waals surface area (Å²) in [5, 5.41) is 4.34. The van der Waals surface area contributed by atoms with Gasteiger partial charge in [-0.3, -0.25) is 9.71 Å². The van der Waals surface area contributed by atoms with Crippen molar-refractivity contribution in [2.75, 3.05) is 16.3 Å². The van der Waals surface area contributed by atoms with Gasteiger partial charge in [-0.2, -0.15) is 0 Å². The Morgan fingerprint density at radius 3 is 2.50 bits per heavy atom. The van der Waals surface area contributed by atoms with E-state index in [0.717, 1.165) is 39.7 Å². The van der Waals surface area contributed by atoms with Crippen molar-refractivity contribution in [2.45, 2.75) is 13.0 Å². The molecule has 7 nitrogen and oxygen atoms in total. The molecule has 152 valence electrons. The molecule has 0 radical (unpaired) electrons. The molecule has 0 bridgehead atoms. The minimum absolute atomic E-state index is 0.0666. The summed E-state index contributed by atoms with van der Waals surface area (Å²) in [5.41, 5.74) is 4.06. The van der Waals surface area contributed by atoms with Crippen LogP contribution in [0.1, 0.15) is 18.5 Å². The fourth-order valence-electron chi connectivity index (χ4n) is 3.25. The second-order valence-corrected chi connectivity index (χ2v) is 8.82. The van der Waals surface area contributed by atoms with Crippen molar-refractivity contribution >= 4 is 32.4 Å². The predicted octanol–water partition coefficient (Wildman–Crippen LogP) is 4.24. The first kappa shape index (κ1) is 19.8. The SMILES string of the molecule is CC(Nc1ncnc2ccc(-c3cncc(NS(C)(=O)=O)c3)cc12)c1ccccc1. The van der Waals surface area contributed by atoms with Crippen LogP contribution in [0.15, 0.2) is 73.3 Å². The lowest BCUT2D eigenvalue weighted by atomic mass is 10.0. The fraction of sp³-hybridized carbons (Fsp3) is 0.136. The predicted molar refractivity (Wildman–Crippen MR) is 120 cm³/mol. The van der Waals surface area contributed by atoms with Gasteiger partial charge in [0.05, 0.1) is 23.7 Å². The number of benzene rings is 2. The monoisotopic (exact) mass is 419 g/mol. The molecule has 1 atom stereocenters. The minimum atomic E-state index is -3.38. The molecule has 30 heavy (non-hydrogen) atoms. The zero-order valence-electron chi connectivity index (χ0n) is 16.6. The van der Waals surface area contributed by atoms with Gasteiger partial charge in [-0.05, 0) is 36.2 Å². The van der Waals surface area contributed by atoms with E-state index in [9.17, 15) is 8.42 Å². The summed E-state index contributed by atoms with van der Waals surface area (Å²) in [6.45, 7) is 2.08. The molecule has 0 aliphatic rings. The molecule has 2 N–H and O–H groups in total. The highest BCUT2D eigenvalue weighted by atomic mass is 32.2. The number of anilines is 2. The summed E-state index contributed by atoms with van der Waals surface area (Å²) in [7, 11) is -3.38. The maximum Gasteiger partial charge on any atom is 0.229 e. The Labute approximate surface area is 175 Å². The second-order valence-electron chi connectivity index (χ2n) is 7.07. The first-order valence-corrected chi connectivity index (χ1v) is 11.3. The number of hydrogen-bond acceptors (Lipinski definition) is 6. The number of rotatable bonds is 6. The molecule has 2 heterocycles. The number of nitrogens with one attached hydrogen (secondary N) is 2. The van der Waals surface area contributed by atoms with E-state index in [1.807, 2.05) is 36.4 Å². The molecule has 2 aromatic heterocycles. The van der Waals surface area contributed by atoms with Crippen LogP contribution in [-0.2, 0) is 10.0 Å². The molecule has 0 amide bonds. The van der Waals surface area contributed by atoms with E-state index in [4.69, 9.17) is 0 Å². The number of nitrogens with zero attached hydrogens (tertiary/aromatic N) is 3. The Morgan fingerprint density at radius 1 is 0.933 bits per heavy atom. The van der Waals surface area contributed by atoms with E-state index in [0.29, 0.717) is 5.69 Å². The van der Waals surface area contributed by atoms with Gasteiger partial charge in [0, 0.05) is 23.2 Å². The highest BCUT2D eigenvalue weighted by Gasteiger charge is 2.11. The summed E-state index contributed by atoms with van der Waals surface area (Å²) in [6.07, 6.45) is 5.82. The maximum absolute atomic E-state index is 11.5. The number of fused-ring (bicyclic) bond motifs is 1. The second kappa shape index (κ2) is 8.08. The first-order chi connectivity index (χ1) is 14.4. The number of pyridine rings is 1. The van der Waals surface area contributed by atoms with Crippen molar-refractivity contribution in [3.05, 3.63) is 78.9 Å². The third-order valence-electron chi connectivity index (χ3n) is 4.66. The van der Waals surface area contributed by atoms with E-state index in [2.05, 4.69) is 44.0 Å². The van der Waals surface area contributed by atoms with E-state index < -0.39 is 10.0 Å². The van der Waals surface area contributed by atoms with Gasteiger partial charge in [0.2, 0.25) is 10.0 Å². The molecule has 0 fully saturated rings. The van der Waals surface area contributed by atoms with Crippen molar-refractivity contribution in [3.8, 4) is 11.1 Å². The zero-order valence-corrected chi connectivity index (χ0v) is 17.4. The Hall–Kier alpha value is -3.52. The quantitative estimate of drug-likeness (QED) is 0.485. The number of aromatic nitrogens is 3. The molecule has 4 aromatic rings. The average molecular weight is 420 g/mol. The normalized spacial score (nSPS) is 12.5. The molecule has 1 unspecified atom stereocenters. The van der Waals surface area contributed by atoms with Gasteiger partial charge in [-0.25, -0.2) is 18.4 Å². The number of hydrogen-bond donors (Lipinski definition) is 2. The van der Waals surface area contributed by atoms with Gasteiger partial charge < -0.3 is 5.32 Å². The van der Waals surface area contributed by atoms with Crippen LogP contribution in [0.5, 0.6) is 0 Å². The zero-order chi connectivity index (χ0) is 21.1. The molecular formula is C22H21N5O2S. The van der Waals surface area contributed by atoms with E-state index in [1.54, 1.807) is 18.6 Å². The standard InChI is InChI=1S/C22H21N5O2S/c1-15(16-6-4-3-5-7-16)26-22-20-11-17(8-9-21(20)24-14-25-22)18-10-19(13-23-12-18)27-30(2,28)29/h3-15,27H,1-2H3,(H,24,25,26). The molecule has 2 aromatic carbocycles. The van der Waals surface area contributed by atoms with Gasteiger partial charge in [0.15, 0.2) is 0 Å². The van der Waals surface area contributed by atoms with Gasteiger partial charge in [0.25, 0.3) is 0 Å². The summed E-state index contributed by atoms with van der Waals surface area (Å²) in [5.74, 6) is 0.733. The first-order valence-electron chi connectivity index (χ1n) is 9.38. The van der Waals surface area contributed by atoms with E-state index in [-0.39, 0.29) is 6.04 Å². The third-order valence-corrected chi connectivity index (χ3v) is 5.27. The summed E-state index contributed by atoms with van der Waals surface area (Å²) < 4.78 is 25.5. The van der Waals surface area contributed by atoms with Crippen molar-refractivity contribution in [1.82, 2.24) is 15.0 Å². The molecule has 0 saturated heterocycles. The molecule has 0 saturated carbocycles. The van der Waals surface area contributed by atoms with E-state index >= 15 is 0 Å². The van der Waals surface area contributed by atoms with Crippen LogP contribution < -0.4 is 10.0 Å². The average Bonchev–Trinajstić information content (AvgIpc) is 2.73. The molecule has 0 aliphatic carbocycles. The van der Waals surface area contributed by atoms with Crippen LogP contribution in [-0.4, -0.2) is 29.6 Å². The highest BCUT2D eigenvalue weighted by Crippen LogP contribution is 2.29. The molecular weight excluding hydrogens is 398 g/mol. The summed E-state index contributed by atoms with van der Waals surface area (Å²) in [6, 6.07) is 17.8. The smallest absolute Gasteiger partial charge is 0.229 e. The summed E-state index contributed by atoms with van der Waals surface area (Å²) in [4.78, 5) is 13.0. The minimum Gasteiger partial charge on any atom is -0.363 e. The van der Waals surface area contributed by atoms with Gasteiger partial charge >= 0.3 is 0 Å².